The van der Waals surface area contributed by atoms with Crippen LogP contribution in [-0.4, -0.2) is 17.6 Å². The zero-order chi connectivity index (χ0) is 17.7. The number of ether oxygens (including phenoxy) is 1. The molecule has 1 aromatic carbocycles. The van der Waals surface area contributed by atoms with E-state index in [1.807, 2.05) is 13.0 Å². The fourth-order valence-electron chi connectivity index (χ4n) is 6.67. The lowest BCUT2D eigenvalue weighted by atomic mass is 9.53. The first-order valence-electron chi connectivity index (χ1n) is 10.7. The lowest BCUT2D eigenvalue weighted by Crippen LogP contribution is -2.61. The normalized spacial score (nSPS) is 35.7. The van der Waals surface area contributed by atoms with Crippen LogP contribution in [0.4, 0.5) is 0 Å². The van der Waals surface area contributed by atoms with Crippen molar-refractivity contribution in [1.82, 2.24) is 5.32 Å². The van der Waals surface area contributed by atoms with Crippen molar-refractivity contribution in [3.8, 4) is 5.75 Å². The van der Waals surface area contributed by atoms with Gasteiger partial charge in [-0.1, -0.05) is 6.07 Å². The van der Waals surface area contributed by atoms with Crippen molar-refractivity contribution in [3.05, 3.63) is 29.3 Å². The predicted octanol–water partition coefficient (Wildman–Crippen LogP) is 4.42. The van der Waals surface area contributed by atoms with E-state index in [-0.39, 0.29) is 11.4 Å². The van der Waals surface area contributed by atoms with E-state index in [0.717, 1.165) is 29.9 Å². The Hall–Kier alpha value is -1.51. The number of carbonyl (C=O) groups is 1. The Morgan fingerprint density at radius 2 is 1.65 bits per heavy atom. The second-order valence-electron chi connectivity index (χ2n) is 9.58. The van der Waals surface area contributed by atoms with Gasteiger partial charge in [-0.05, 0) is 112 Å². The molecule has 1 amide bonds. The molecule has 1 aromatic rings. The van der Waals surface area contributed by atoms with Crippen molar-refractivity contribution >= 4 is 5.91 Å². The van der Waals surface area contributed by atoms with Gasteiger partial charge in [-0.25, -0.2) is 0 Å². The first kappa shape index (κ1) is 16.6. The molecule has 6 rings (SSSR count). The zero-order valence-electron chi connectivity index (χ0n) is 15.9. The van der Waals surface area contributed by atoms with E-state index in [4.69, 9.17) is 4.74 Å². The molecule has 0 radical (unpaired) electrons. The minimum atomic E-state index is -0.426. The largest absolute Gasteiger partial charge is 0.481 e. The Morgan fingerprint density at radius 3 is 2.31 bits per heavy atom. The number of amides is 1. The van der Waals surface area contributed by atoms with Gasteiger partial charge in [0.2, 0.25) is 0 Å². The van der Waals surface area contributed by atoms with Crippen LogP contribution < -0.4 is 10.1 Å². The standard InChI is InChI=1S/C23H31NO2/c1-15(26-21-7-6-19-4-2-3-5-20(19)11-21)22(25)24-23-12-16-8-17(13-23)10-18(9-16)14-23/h6-7,11,15-18H,2-5,8-10,12-14H2,1H3,(H,24,25). The van der Waals surface area contributed by atoms with Crippen LogP contribution in [0.25, 0.3) is 0 Å². The molecule has 0 spiro atoms. The molecule has 3 heteroatoms. The van der Waals surface area contributed by atoms with Gasteiger partial charge in [-0.2, -0.15) is 0 Å². The first-order chi connectivity index (χ1) is 12.6. The van der Waals surface area contributed by atoms with Gasteiger partial charge < -0.3 is 10.1 Å². The van der Waals surface area contributed by atoms with E-state index < -0.39 is 6.10 Å². The molecule has 4 fully saturated rings. The first-order valence-corrected chi connectivity index (χ1v) is 10.7. The molecule has 26 heavy (non-hydrogen) atoms. The number of carbonyl (C=O) groups excluding carboxylic acids is 1. The van der Waals surface area contributed by atoms with Crippen LogP contribution in [0.1, 0.15) is 69.4 Å². The van der Waals surface area contributed by atoms with Gasteiger partial charge in [-0.3, -0.25) is 4.79 Å². The van der Waals surface area contributed by atoms with Crippen molar-refractivity contribution < 1.29 is 9.53 Å². The van der Waals surface area contributed by atoms with E-state index in [9.17, 15) is 4.79 Å². The Bertz CT molecular complexity index is 675. The van der Waals surface area contributed by atoms with Crippen LogP contribution in [0.3, 0.4) is 0 Å². The van der Waals surface area contributed by atoms with E-state index in [1.54, 1.807) is 0 Å². The Morgan fingerprint density at radius 1 is 1.04 bits per heavy atom. The van der Waals surface area contributed by atoms with Crippen molar-refractivity contribution in [3.63, 3.8) is 0 Å². The molecule has 3 nitrogen and oxygen atoms in total. The summed E-state index contributed by atoms with van der Waals surface area (Å²) in [5.74, 6) is 3.46. The van der Waals surface area contributed by atoms with Gasteiger partial charge >= 0.3 is 0 Å². The molecule has 4 bridgehead atoms. The van der Waals surface area contributed by atoms with Crippen LogP contribution in [0.2, 0.25) is 0 Å². The number of aryl methyl sites for hydroxylation is 2. The topological polar surface area (TPSA) is 38.3 Å². The summed E-state index contributed by atoms with van der Waals surface area (Å²) in [7, 11) is 0. The summed E-state index contributed by atoms with van der Waals surface area (Å²) >= 11 is 0. The van der Waals surface area contributed by atoms with Crippen LogP contribution in [0.15, 0.2) is 18.2 Å². The molecule has 140 valence electrons. The Balaban J connectivity index is 1.25. The molecule has 0 aliphatic heterocycles. The van der Waals surface area contributed by atoms with Crippen LogP contribution in [0, 0.1) is 17.8 Å². The molecule has 0 saturated heterocycles. The molecule has 0 heterocycles. The number of rotatable bonds is 4. The van der Waals surface area contributed by atoms with E-state index >= 15 is 0 Å². The van der Waals surface area contributed by atoms with Crippen LogP contribution >= 0.6 is 0 Å². The Labute approximate surface area is 156 Å². The Kier molecular flexibility index (Phi) is 4.02. The van der Waals surface area contributed by atoms with Gasteiger partial charge in [0.25, 0.3) is 5.91 Å². The minimum absolute atomic E-state index is 0.0688. The smallest absolute Gasteiger partial charge is 0.261 e. The number of fused-ring (bicyclic) bond motifs is 1. The number of hydrogen-bond acceptors (Lipinski definition) is 2. The molecule has 1 atom stereocenters. The zero-order valence-corrected chi connectivity index (χ0v) is 15.9. The third-order valence-electron chi connectivity index (χ3n) is 7.43. The molecule has 4 saturated carbocycles. The second-order valence-corrected chi connectivity index (χ2v) is 9.58. The summed E-state index contributed by atoms with van der Waals surface area (Å²) in [5.41, 5.74) is 2.93. The number of benzene rings is 1. The number of nitrogens with one attached hydrogen (secondary N) is 1. The summed E-state index contributed by atoms with van der Waals surface area (Å²) in [4.78, 5) is 12.9. The van der Waals surface area contributed by atoms with Gasteiger partial charge in [0.15, 0.2) is 6.10 Å². The summed E-state index contributed by atoms with van der Waals surface area (Å²) < 4.78 is 6.04. The quantitative estimate of drug-likeness (QED) is 0.870. The highest BCUT2D eigenvalue weighted by atomic mass is 16.5. The van der Waals surface area contributed by atoms with E-state index in [1.165, 1.54) is 68.9 Å². The van der Waals surface area contributed by atoms with Crippen molar-refractivity contribution in [2.45, 2.75) is 82.8 Å². The van der Waals surface area contributed by atoms with Gasteiger partial charge in [-0.15, -0.1) is 0 Å². The SMILES string of the molecule is CC(Oc1ccc2c(c1)CCCC2)C(=O)NC12CC3CC(CC(C3)C1)C2. The van der Waals surface area contributed by atoms with Gasteiger partial charge in [0, 0.05) is 5.54 Å². The fourth-order valence-corrected chi connectivity index (χ4v) is 6.67. The maximum absolute atomic E-state index is 12.9. The van der Waals surface area contributed by atoms with Gasteiger partial charge in [0.1, 0.15) is 5.75 Å². The lowest BCUT2D eigenvalue weighted by molar-refractivity contribution is -0.133. The predicted molar refractivity (Wildman–Crippen MR) is 102 cm³/mol. The van der Waals surface area contributed by atoms with Crippen LogP contribution in [0.5, 0.6) is 5.75 Å². The van der Waals surface area contributed by atoms with E-state index in [0.29, 0.717) is 0 Å². The molecular weight excluding hydrogens is 322 g/mol. The maximum Gasteiger partial charge on any atom is 0.261 e. The summed E-state index contributed by atoms with van der Waals surface area (Å²) in [5, 5.41) is 3.44. The van der Waals surface area contributed by atoms with Crippen molar-refractivity contribution in [2.75, 3.05) is 0 Å². The minimum Gasteiger partial charge on any atom is -0.481 e. The molecule has 5 aliphatic rings. The fraction of sp³-hybridized carbons (Fsp3) is 0.696. The average molecular weight is 354 g/mol. The monoisotopic (exact) mass is 353 g/mol. The van der Waals surface area contributed by atoms with Crippen molar-refractivity contribution in [2.24, 2.45) is 17.8 Å². The molecule has 5 aliphatic carbocycles. The highest BCUT2D eigenvalue weighted by Gasteiger charge is 2.51. The highest BCUT2D eigenvalue weighted by Crippen LogP contribution is 2.55. The highest BCUT2D eigenvalue weighted by molar-refractivity contribution is 5.81. The van der Waals surface area contributed by atoms with Gasteiger partial charge in [0.05, 0.1) is 0 Å². The molecular formula is C23H31NO2. The molecule has 1 N–H and O–H groups in total. The average Bonchev–Trinajstić information content (AvgIpc) is 2.60. The molecule has 0 aromatic heterocycles. The lowest BCUT2D eigenvalue weighted by Gasteiger charge is -2.57. The summed E-state index contributed by atoms with van der Waals surface area (Å²) in [6.45, 7) is 1.90. The number of hydrogen-bond donors (Lipinski definition) is 1. The maximum atomic E-state index is 12.9. The third-order valence-corrected chi connectivity index (χ3v) is 7.43. The van der Waals surface area contributed by atoms with E-state index in [2.05, 4.69) is 17.4 Å². The van der Waals surface area contributed by atoms with Crippen molar-refractivity contribution in [1.29, 1.82) is 0 Å². The molecule has 1 unspecified atom stereocenters. The second kappa shape index (κ2) is 6.28. The third kappa shape index (κ3) is 3.04. The summed E-state index contributed by atoms with van der Waals surface area (Å²) in [6, 6.07) is 6.38. The van der Waals surface area contributed by atoms with Crippen LogP contribution in [-0.2, 0) is 17.6 Å². The summed E-state index contributed by atoms with van der Waals surface area (Å²) in [6.07, 6.45) is 12.2.